The van der Waals surface area contributed by atoms with Crippen LogP contribution >= 0.6 is 0 Å². The van der Waals surface area contributed by atoms with Gasteiger partial charge in [0.25, 0.3) is 0 Å². The highest BCUT2D eigenvalue weighted by Gasteiger charge is 2.28. The third-order valence-corrected chi connectivity index (χ3v) is 4.62. The average molecular weight is 391 g/mol. The minimum atomic E-state index is -0.480. The minimum absolute atomic E-state index is 0.147. The molecule has 0 atom stereocenters. The highest BCUT2D eigenvalue weighted by atomic mass is 16.6. The van der Waals surface area contributed by atoms with Crippen LogP contribution in [-0.4, -0.2) is 31.3 Å². The molecule has 4 rings (SSSR count). The summed E-state index contributed by atoms with van der Waals surface area (Å²) in [5.41, 5.74) is 2.99. The predicted molar refractivity (Wildman–Crippen MR) is 111 cm³/mol. The first-order valence-corrected chi connectivity index (χ1v) is 9.47. The molecule has 0 aliphatic carbocycles. The molecule has 0 fully saturated rings. The van der Waals surface area contributed by atoms with Crippen LogP contribution in [0.4, 0.5) is 0 Å². The Morgan fingerprint density at radius 2 is 1.79 bits per heavy atom. The first-order valence-electron chi connectivity index (χ1n) is 9.47. The standard InChI is InChI=1S/C23H21NO5/c1-4-27-22(25)19-18-16-8-6-7-9-17(16)24-20(21(18)29-23(19)28-5-2)14-10-12-15(26-3)13-11-14/h6-13H,4-5H2,1-3H3. The molecule has 0 bridgehead atoms. The minimum Gasteiger partial charge on any atom is -0.497 e. The zero-order valence-electron chi connectivity index (χ0n) is 16.5. The van der Waals surface area contributed by atoms with Crippen LogP contribution in [0, 0.1) is 0 Å². The van der Waals surface area contributed by atoms with Gasteiger partial charge in [0.05, 0.1) is 31.2 Å². The second kappa shape index (κ2) is 7.83. The molecule has 0 aliphatic rings. The highest BCUT2D eigenvalue weighted by molar-refractivity contribution is 6.18. The van der Waals surface area contributed by atoms with Crippen LogP contribution in [0.15, 0.2) is 52.9 Å². The van der Waals surface area contributed by atoms with Crippen molar-refractivity contribution >= 4 is 27.8 Å². The second-order valence-corrected chi connectivity index (χ2v) is 6.33. The van der Waals surface area contributed by atoms with E-state index in [4.69, 9.17) is 23.6 Å². The van der Waals surface area contributed by atoms with Crippen LogP contribution in [0.3, 0.4) is 0 Å². The lowest BCUT2D eigenvalue weighted by molar-refractivity contribution is 0.0521. The molecule has 148 valence electrons. The molecule has 2 aromatic carbocycles. The monoisotopic (exact) mass is 391 g/mol. The van der Waals surface area contributed by atoms with Crippen molar-refractivity contribution in [3.05, 3.63) is 54.1 Å². The van der Waals surface area contributed by atoms with Crippen molar-refractivity contribution in [3.63, 3.8) is 0 Å². The summed E-state index contributed by atoms with van der Waals surface area (Å²) in [4.78, 5) is 17.6. The van der Waals surface area contributed by atoms with Crippen molar-refractivity contribution in [2.24, 2.45) is 0 Å². The first kappa shape index (κ1) is 18.8. The molecule has 0 unspecified atom stereocenters. The molecule has 0 N–H and O–H groups in total. The van der Waals surface area contributed by atoms with Crippen LogP contribution in [0.1, 0.15) is 24.2 Å². The van der Waals surface area contributed by atoms with E-state index in [1.807, 2.05) is 55.5 Å². The number of fused-ring (bicyclic) bond motifs is 3. The number of furan rings is 1. The van der Waals surface area contributed by atoms with Gasteiger partial charge in [-0.25, -0.2) is 9.78 Å². The maximum absolute atomic E-state index is 12.8. The van der Waals surface area contributed by atoms with E-state index in [-0.39, 0.29) is 18.1 Å². The molecule has 6 heteroatoms. The van der Waals surface area contributed by atoms with E-state index in [0.717, 1.165) is 22.2 Å². The van der Waals surface area contributed by atoms with Gasteiger partial charge in [-0.05, 0) is 44.2 Å². The smallest absolute Gasteiger partial charge is 0.346 e. The summed E-state index contributed by atoms with van der Waals surface area (Å²) < 4.78 is 22.2. The van der Waals surface area contributed by atoms with Gasteiger partial charge in [-0.1, -0.05) is 18.2 Å². The van der Waals surface area contributed by atoms with Crippen molar-refractivity contribution in [1.29, 1.82) is 0 Å². The number of methoxy groups -OCH3 is 1. The Balaban J connectivity index is 2.08. The Labute approximate surface area is 168 Å². The molecular formula is C23H21NO5. The summed E-state index contributed by atoms with van der Waals surface area (Å²) in [6, 6.07) is 15.2. The fraction of sp³-hybridized carbons (Fsp3) is 0.217. The summed E-state index contributed by atoms with van der Waals surface area (Å²) in [5, 5.41) is 1.45. The molecular weight excluding hydrogens is 370 g/mol. The lowest BCUT2D eigenvalue weighted by atomic mass is 10.0. The lowest BCUT2D eigenvalue weighted by Gasteiger charge is -2.07. The number of benzene rings is 2. The van der Waals surface area contributed by atoms with E-state index in [2.05, 4.69) is 0 Å². The zero-order valence-corrected chi connectivity index (χ0v) is 16.5. The number of rotatable bonds is 6. The SMILES string of the molecule is CCOC(=O)c1c(OCC)oc2c(-c3ccc(OC)cc3)nc3ccccc3c12. The van der Waals surface area contributed by atoms with Crippen molar-refractivity contribution in [2.75, 3.05) is 20.3 Å². The Kier molecular flexibility index (Phi) is 5.08. The number of aromatic nitrogens is 1. The van der Waals surface area contributed by atoms with E-state index < -0.39 is 5.97 Å². The summed E-state index contributed by atoms with van der Waals surface area (Å²) in [6.07, 6.45) is 0. The number of carbonyl (C=O) groups is 1. The number of para-hydroxylation sites is 1. The van der Waals surface area contributed by atoms with Crippen molar-refractivity contribution in [1.82, 2.24) is 4.98 Å². The Morgan fingerprint density at radius 1 is 1.03 bits per heavy atom. The van der Waals surface area contributed by atoms with Gasteiger partial charge in [-0.3, -0.25) is 0 Å². The molecule has 0 saturated carbocycles. The topological polar surface area (TPSA) is 70.8 Å². The first-order chi connectivity index (χ1) is 14.2. The second-order valence-electron chi connectivity index (χ2n) is 6.33. The molecule has 6 nitrogen and oxygen atoms in total. The fourth-order valence-electron chi connectivity index (χ4n) is 3.35. The van der Waals surface area contributed by atoms with Gasteiger partial charge in [0.2, 0.25) is 0 Å². The molecule has 2 heterocycles. The van der Waals surface area contributed by atoms with Crippen LogP contribution in [0.25, 0.3) is 33.1 Å². The molecule has 0 aliphatic heterocycles. The Bertz CT molecular complexity index is 1180. The third-order valence-electron chi connectivity index (χ3n) is 4.62. The number of carbonyl (C=O) groups excluding carboxylic acids is 1. The summed E-state index contributed by atoms with van der Waals surface area (Å²) in [5.74, 6) is 0.410. The lowest BCUT2D eigenvalue weighted by Crippen LogP contribution is -2.06. The van der Waals surface area contributed by atoms with Crippen LogP contribution in [-0.2, 0) is 4.74 Å². The number of ether oxygens (including phenoxy) is 3. The van der Waals surface area contributed by atoms with Crippen LogP contribution in [0.5, 0.6) is 11.7 Å². The maximum Gasteiger partial charge on any atom is 0.346 e. The number of hydrogen-bond donors (Lipinski definition) is 0. The normalized spacial score (nSPS) is 11.0. The van der Waals surface area contributed by atoms with Gasteiger partial charge in [0.15, 0.2) is 11.1 Å². The number of esters is 1. The average Bonchev–Trinajstić information content (AvgIpc) is 3.13. The Hall–Kier alpha value is -3.54. The van der Waals surface area contributed by atoms with E-state index in [9.17, 15) is 4.79 Å². The van der Waals surface area contributed by atoms with Crippen molar-refractivity contribution < 1.29 is 23.4 Å². The number of nitrogens with zero attached hydrogens (tertiary/aromatic N) is 1. The van der Waals surface area contributed by atoms with Gasteiger partial charge < -0.3 is 18.6 Å². The van der Waals surface area contributed by atoms with Crippen molar-refractivity contribution in [3.8, 4) is 23.0 Å². The fourth-order valence-corrected chi connectivity index (χ4v) is 3.35. The van der Waals surface area contributed by atoms with Crippen molar-refractivity contribution in [2.45, 2.75) is 13.8 Å². The van der Waals surface area contributed by atoms with Crippen LogP contribution in [0.2, 0.25) is 0 Å². The quantitative estimate of drug-likeness (QED) is 0.419. The summed E-state index contributed by atoms with van der Waals surface area (Å²) in [6.45, 7) is 4.21. The molecule has 0 radical (unpaired) electrons. The number of pyridine rings is 1. The largest absolute Gasteiger partial charge is 0.497 e. The van der Waals surface area contributed by atoms with E-state index in [0.29, 0.717) is 23.3 Å². The van der Waals surface area contributed by atoms with E-state index in [1.54, 1.807) is 14.0 Å². The molecule has 29 heavy (non-hydrogen) atoms. The van der Waals surface area contributed by atoms with Crippen LogP contribution < -0.4 is 9.47 Å². The van der Waals surface area contributed by atoms with Gasteiger partial charge in [-0.15, -0.1) is 0 Å². The van der Waals surface area contributed by atoms with E-state index >= 15 is 0 Å². The maximum atomic E-state index is 12.8. The van der Waals surface area contributed by atoms with Gasteiger partial charge in [0.1, 0.15) is 11.4 Å². The molecule has 0 amide bonds. The number of hydrogen-bond acceptors (Lipinski definition) is 6. The molecule has 2 aromatic heterocycles. The Morgan fingerprint density at radius 3 is 2.48 bits per heavy atom. The molecule has 0 saturated heterocycles. The zero-order chi connectivity index (χ0) is 20.4. The van der Waals surface area contributed by atoms with Gasteiger partial charge >= 0.3 is 11.9 Å². The summed E-state index contributed by atoms with van der Waals surface area (Å²) >= 11 is 0. The molecule has 4 aromatic rings. The summed E-state index contributed by atoms with van der Waals surface area (Å²) in [7, 11) is 1.62. The van der Waals surface area contributed by atoms with Gasteiger partial charge in [-0.2, -0.15) is 0 Å². The van der Waals surface area contributed by atoms with Gasteiger partial charge in [0, 0.05) is 10.9 Å². The molecule has 0 spiro atoms. The van der Waals surface area contributed by atoms with E-state index in [1.165, 1.54) is 0 Å². The third kappa shape index (κ3) is 3.27. The highest BCUT2D eigenvalue weighted by Crippen LogP contribution is 2.41. The predicted octanol–water partition coefficient (Wildman–Crippen LogP) is 5.23.